The summed E-state index contributed by atoms with van der Waals surface area (Å²) in [4.78, 5) is 26.7. The summed E-state index contributed by atoms with van der Waals surface area (Å²) in [6.07, 6.45) is -6.53. The maximum absolute atomic E-state index is 13.5. The van der Waals surface area contributed by atoms with Crippen molar-refractivity contribution in [2.24, 2.45) is 5.73 Å². The summed E-state index contributed by atoms with van der Waals surface area (Å²) < 4.78 is 84.5. The number of carbonyl (C=O) groups excluding carboxylic acids is 2. The molecule has 0 spiro atoms. The Kier molecular flexibility index (Phi) is 8.33. The monoisotopic (exact) mass is 586 g/mol. The van der Waals surface area contributed by atoms with Crippen LogP contribution < -0.4 is 11.1 Å². The van der Waals surface area contributed by atoms with Crippen molar-refractivity contribution in [3.05, 3.63) is 69.1 Å². The van der Waals surface area contributed by atoms with Gasteiger partial charge in [-0.15, -0.1) is 0 Å². The Bertz CT molecular complexity index is 1350. The molecule has 4 N–H and O–H groups in total. The molecule has 14 heteroatoms. The zero-order chi connectivity index (χ0) is 29.3. The zero-order valence-electron chi connectivity index (χ0n) is 20.8. The number of carbonyl (C=O) groups is 2. The Labute approximate surface area is 229 Å². The number of benzene rings is 2. The van der Waals surface area contributed by atoms with Gasteiger partial charge in [0.1, 0.15) is 0 Å². The van der Waals surface area contributed by atoms with Crippen LogP contribution >= 0.6 is 11.8 Å². The zero-order valence-corrected chi connectivity index (χ0v) is 21.6. The number of amides is 2. The summed E-state index contributed by atoms with van der Waals surface area (Å²) in [5.41, 5.74) is 3.32. The van der Waals surface area contributed by atoms with Gasteiger partial charge < -0.3 is 21.2 Å². The van der Waals surface area contributed by atoms with Gasteiger partial charge in [-0.2, -0.15) is 26.3 Å². The van der Waals surface area contributed by atoms with E-state index < -0.39 is 52.3 Å². The Hall–Kier alpha value is -3.36. The number of rotatable bonds is 7. The van der Waals surface area contributed by atoms with Crippen molar-refractivity contribution in [3.63, 3.8) is 0 Å². The molecule has 40 heavy (non-hydrogen) atoms. The number of ether oxygens (including phenoxy) is 1. The van der Waals surface area contributed by atoms with Gasteiger partial charge in [-0.25, -0.2) is 0 Å². The average molecular weight is 587 g/mol. The summed E-state index contributed by atoms with van der Waals surface area (Å²) in [5.74, 6) is -0.507. The highest BCUT2D eigenvalue weighted by molar-refractivity contribution is 8.18. The molecule has 0 unspecified atom stereocenters. The van der Waals surface area contributed by atoms with E-state index in [2.05, 4.69) is 5.32 Å². The van der Waals surface area contributed by atoms with Crippen molar-refractivity contribution in [1.82, 2.24) is 4.90 Å². The second-order valence-electron chi connectivity index (χ2n) is 9.45. The van der Waals surface area contributed by atoms with Crippen molar-refractivity contribution in [1.29, 1.82) is 5.41 Å². The van der Waals surface area contributed by atoms with Crippen LogP contribution in [0.1, 0.15) is 40.7 Å². The summed E-state index contributed by atoms with van der Waals surface area (Å²) in [6.45, 7) is 0.465. The Morgan fingerprint density at radius 2 is 1.75 bits per heavy atom. The molecule has 0 radical (unpaired) electrons. The Morgan fingerprint density at radius 3 is 2.38 bits per heavy atom. The first-order chi connectivity index (χ1) is 18.7. The first-order valence-corrected chi connectivity index (χ1v) is 12.8. The normalized spacial score (nSPS) is 18.9. The molecular weight excluding hydrogens is 562 g/mol. The van der Waals surface area contributed by atoms with Gasteiger partial charge in [0.2, 0.25) is 0 Å². The molecule has 2 saturated heterocycles. The molecule has 2 aromatic carbocycles. The Balaban J connectivity index is 1.51. The van der Waals surface area contributed by atoms with Crippen molar-refractivity contribution < 1.29 is 40.7 Å². The van der Waals surface area contributed by atoms with Gasteiger partial charge in [-0.3, -0.25) is 14.5 Å². The summed E-state index contributed by atoms with van der Waals surface area (Å²) >= 11 is 0.748. The van der Waals surface area contributed by atoms with E-state index in [1.54, 1.807) is 0 Å². The molecule has 0 aliphatic carbocycles. The third-order valence-corrected chi connectivity index (χ3v) is 7.48. The van der Waals surface area contributed by atoms with E-state index in [-0.39, 0.29) is 28.8 Å². The van der Waals surface area contributed by atoms with Gasteiger partial charge in [-0.05, 0) is 66.1 Å². The quantitative estimate of drug-likeness (QED) is 0.213. The van der Waals surface area contributed by atoms with E-state index in [0.717, 1.165) is 28.9 Å². The van der Waals surface area contributed by atoms with E-state index in [4.69, 9.17) is 15.9 Å². The van der Waals surface area contributed by atoms with Crippen LogP contribution in [-0.2, 0) is 28.4 Å². The average Bonchev–Trinajstić information content (AvgIpc) is 3.13. The number of alkyl halides is 6. The number of nitrogens with two attached hydrogens (primary N) is 1. The topological polar surface area (TPSA) is 109 Å². The molecule has 2 heterocycles. The van der Waals surface area contributed by atoms with Crippen LogP contribution in [0.25, 0.3) is 6.08 Å². The van der Waals surface area contributed by atoms with Gasteiger partial charge in [0.05, 0.1) is 16.0 Å². The van der Waals surface area contributed by atoms with E-state index in [1.165, 1.54) is 24.3 Å². The van der Waals surface area contributed by atoms with Crippen LogP contribution in [0.15, 0.2) is 41.3 Å². The van der Waals surface area contributed by atoms with Crippen LogP contribution in [0.2, 0.25) is 0 Å². The number of nitrogens with one attached hydrogen (secondary N) is 2. The molecule has 2 aliphatic rings. The predicted molar refractivity (Wildman–Crippen MR) is 138 cm³/mol. The van der Waals surface area contributed by atoms with Crippen molar-refractivity contribution in [2.75, 3.05) is 25.1 Å². The van der Waals surface area contributed by atoms with Gasteiger partial charge >= 0.3 is 12.4 Å². The summed E-state index contributed by atoms with van der Waals surface area (Å²) in [5, 5.41) is 9.98. The number of hydrogen-bond donors (Lipinski definition) is 3. The summed E-state index contributed by atoms with van der Waals surface area (Å²) in [7, 11) is 0. The maximum atomic E-state index is 13.5. The second kappa shape index (κ2) is 11.3. The second-order valence-corrected chi connectivity index (χ2v) is 10.4. The molecule has 0 atom stereocenters. The first-order valence-electron chi connectivity index (χ1n) is 12.0. The van der Waals surface area contributed by atoms with E-state index in [9.17, 15) is 35.9 Å². The fraction of sp³-hybridized carbons (Fsp3) is 0.346. The highest BCUT2D eigenvalue weighted by Crippen LogP contribution is 2.38. The van der Waals surface area contributed by atoms with Crippen LogP contribution in [0.5, 0.6) is 0 Å². The summed E-state index contributed by atoms with van der Waals surface area (Å²) in [6, 6.07) is 5.89. The number of halogens is 6. The lowest BCUT2D eigenvalue weighted by molar-refractivity contribution is -0.143. The molecule has 2 fully saturated rings. The lowest BCUT2D eigenvalue weighted by atomic mass is 9.91. The molecule has 2 amide bonds. The SMILES string of the molecule is N=Cc1cc(/C=C2\SC(=O)N(CC3(N)CCOCC3)C2=O)ccc1NCc1ccc(C(F)(F)F)cc1C(F)(F)F. The number of nitrogens with zero attached hydrogens (tertiary/aromatic N) is 1. The number of anilines is 1. The molecule has 0 bridgehead atoms. The van der Waals surface area contributed by atoms with E-state index in [1.807, 2.05) is 0 Å². The van der Waals surface area contributed by atoms with Gasteiger partial charge in [0, 0.05) is 49.3 Å². The molecule has 4 rings (SSSR count). The molecule has 2 aromatic rings. The van der Waals surface area contributed by atoms with Gasteiger partial charge in [-0.1, -0.05) is 12.1 Å². The molecule has 0 aromatic heterocycles. The third-order valence-electron chi connectivity index (χ3n) is 6.58. The molecule has 7 nitrogen and oxygen atoms in total. The van der Waals surface area contributed by atoms with Crippen LogP contribution in [0.4, 0.5) is 36.8 Å². The number of imide groups is 1. The molecule has 2 aliphatic heterocycles. The van der Waals surface area contributed by atoms with E-state index >= 15 is 0 Å². The lowest BCUT2D eigenvalue weighted by Crippen LogP contribution is -2.54. The van der Waals surface area contributed by atoms with Gasteiger partial charge in [0.15, 0.2) is 0 Å². The Morgan fingerprint density at radius 1 is 1.05 bits per heavy atom. The highest BCUT2D eigenvalue weighted by atomic mass is 32.2. The standard InChI is InChI=1S/C26H24F6N4O3S/c27-25(28,29)18-3-2-16(19(11-18)26(30,31)32)13-35-20-4-1-15(9-17(20)12-33)10-21-22(37)36(23(38)40-21)14-24(34)5-7-39-8-6-24/h1-4,9-12,33,35H,5-8,13-14,34H2/b21-10-,33-12?. The minimum atomic E-state index is -5.01. The third kappa shape index (κ3) is 6.67. The largest absolute Gasteiger partial charge is 0.416 e. The fourth-order valence-corrected chi connectivity index (χ4v) is 5.19. The van der Waals surface area contributed by atoms with Crippen molar-refractivity contribution in [3.8, 4) is 0 Å². The predicted octanol–water partition coefficient (Wildman–Crippen LogP) is 5.88. The molecule has 0 saturated carbocycles. The van der Waals surface area contributed by atoms with Crippen LogP contribution in [0, 0.1) is 5.41 Å². The lowest BCUT2D eigenvalue weighted by Gasteiger charge is -2.35. The van der Waals surface area contributed by atoms with Gasteiger partial charge in [0.25, 0.3) is 11.1 Å². The molecule has 214 valence electrons. The smallest absolute Gasteiger partial charge is 0.381 e. The van der Waals surface area contributed by atoms with Crippen molar-refractivity contribution in [2.45, 2.75) is 37.3 Å². The van der Waals surface area contributed by atoms with Crippen LogP contribution in [-0.4, -0.2) is 47.6 Å². The minimum Gasteiger partial charge on any atom is -0.381 e. The maximum Gasteiger partial charge on any atom is 0.416 e. The minimum absolute atomic E-state index is 0.0524. The number of thioether (sulfide) groups is 1. The van der Waals surface area contributed by atoms with E-state index in [0.29, 0.717) is 37.7 Å². The van der Waals surface area contributed by atoms with Crippen molar-refractivity contribution >= 4 is 40.9 Å². The van der Waals surface area contributed by atoms with Crippen LogP contribution in [0.3, 0.4) is 0 Å². The molecular formula is C26H24F6N4O3S. The number of hydrogen-bond acceptors (Lipinski definition) is 7. The highest BCUT2D eigenvalue weighted by Gasteiger charge is 2.41. The fourth-order valence-electron chi connectivity index (χ4n) is 4.35. The first kappa shape index (κ1) is 29.6.